The number of alkyl halides is 3. The van der Waals surface area contributed by atoms with E-state index < -0.39 is 42.2 Å². The summed E-state index contributed by atoms with van der Waals surface area (Å²) < 4.78 is 54.6. The fourth-order valence-corrected chi connectivity index (χ4v) is 3.71. The van der Waals surface area contributed by atoms with E-state index in [9.17, 15) is 27.2 Å². The van der Waals surface area contributed by atoms with Gasteiger partial charge in [0.05, 0.1) is 11.6 Å². The lowest BCUT2D eigenvalue weighted by atomic mass is 9.89. The largest absolute Gasteiger partial charge is 0.406 e. The zero-order chi connectivity index (χ0) is 25.9. The third-order valence-corrected chi connectivity index (χ3v) is 5.44. The molecule has 0 aliphatic carbocycles. The molecule has 0 fully saturated rings. The second kappa shape index (κ2) is 10.1. The van der Waals surface area contributed by atoms with Crippen LogP contribution in [-0.4, -0.2) is 45.3 Å². The maximum absolute atomic E-state index is 14.3. The van der Waals surface area contributed by atoms with Gasteiger partial charge in [0.15, 0.2) is 11.7 Å². The summed E-state index contributed by atoms with van der Waals surface area (Å²) in [6, 6.07) is 10.5. The molecule has 2 aromatic heterocycles. The van der Waals surface area contributed by atoms with Crippen LogP contribution in [-0.2, 0) is 11.3 Å². The lowest BCUT2D eigenvalue weighted by Crippen LogP contribution is -2.41. The summed E-state index contributed by atoms with van der Waals surface area (Å²) in [7, 11) is 1.26. The highest BCUT2D eigenvalue weighted by molar-refractivity contribution is 6.00. The van der Waals surface area contributed by atoms with E-state index in [4.69, 9.17) is 11.1 Å². The van der Waals surface area contributed by atoms with Crippen molar-refractivity contribution in [3.63, 3.8) is 0 Å². The van der Waals surface area contributed by atoms with Gasteiger partial charge in [0.25, 0.3) is 0 Å². The standard InChI is InChI=1S/C24H23F4N5O2/c1-3-19(34)18-11-16(12-33(18)13-24(26,27)28)20(22(35)32(2)23(29)30)15-7-4-6-14(10-15)17-8-5-9-31-21(17)25/h4-12,20H,3,13H2,1-2H3,(H3,29,30). The first-order valence-electron chi connectivity index (χ1n) is 10.6. The molecule has 3 aromatic rings. The fraction of sp³-hybridized carbons (Fsp3) is 0.250. The number of aromatic nitrogens is 2. The van der Waals surface area contributed by atoms with Gasteiger partial charge in [-0.2, -0.15) is 17.6 Å². The minimum absolute atomic E-state index is 0.0386. The molecule has 11 heteroatoms. The summed E-state index contributed by atoms with van der Waals surface area (Å²) in [5.41, 5.74) is 6.25. The molecule has 0 spiro atoms. The lowest BCUT2D eigenvalue weighted by molar-refractivity contribution is -0.140. The van der Waals surface area contributed by atoms with Crippen molar-refractivity contribution in [2.75, 3.05) is 7.05 Å². The predicted molar refractivity (Wildman–Crippen MR) is 121 cm³/mol. The van der Waals surface area contributed by atoms with Crippen molar-refractivity contribution in [2.24, 2.45) is 5.73 Å². The summed E-state index contributed by atoms with van der Waals surface area (Å²) in [6.45, 7) is 0.101. The number of pyridine rings is 1. The Morgan fingerprint density at radius 1 is 1.17 bits per heavy atom. The van der Waals surface area contributed by atoms with Crippen molar-refractivity contribution < 1.29 is 27.2 Å². The second-order valence-electron chi connectivity index (χ2n) is 7.86. The molecule has 0 aliphatic heterocycles. The van der Waals surface area contributed by atoms with E-state index in [0.717, 1.165) is 15.7 Å². The summed E-state index contributed by atoms with van der Waals surface area (Å²) in [5, 5.41) is 7.63. The lowest BCUT2D eigenvalue weighted by Gasteiger charge is -2.23. The monoisotopic (exact) mass is 489 g/mol. The molecule has 0 aliphatic rings. The SMILES string of the molecule is CCC(=O)c1cc(C(C(=O)N(C)C(=N)N)c2cccc(-c3cccnc3F)c2)cn1CC(F)(F)F. The number of ketones is 1. The number of likely N-dealkylation sites (N-methyl/N-ethyl adjacent to an activating group) is 1. The van der Waals surface area contributed by atoms with Crippen molar-refractivity contribution in [2.45, 2.75) is 32.0 Å². The van der Waals surface area contributed by atoms with Crippen LogP contribution in [0.5, 0.6) is 0 Å². The van der Waals surface area contributed by atoms with Crippen LogP contribution >= 0.6 is 0 Å². The highest BCUT2D eigenvalue weighted by atomic mass is 19.4. The average Bonchev–Trinajstić information content (AvgIpc) is 3.19. The Morgan fingerprint density at radius 2 is 1.89 bits per heavy atom. The third kappa shape index (κ3) is 5.73. The van der Waals surface area contributed by atoms with E-state index in [1.807, 2.05) is 0 Å². The van der Waals surface area contributed by atoms with Crippen LogP contribution in [0.2, 0.25) is 0 Å². The van der Waals surface area contributed by atoms with Crippen LogP contribution in [0.3, 0.4) is 0 Å². The molecule has 1 aromatic carbocycles. The Labute approximate surface area is 198 Å². The zero-order valence-corrected chi connectivity index (χ0v) is 18.9. The van der Waals surface area contributed by atoms with Crippen molar-refractivity contribution in [1.82, 2.24) is 14.5 Å². The molecule has 35 heavy (non-hydrogen) atoms. The number of hydrogen-bond donors (Lipinski definition) is 2. The Bertz CT molecular complexity index is 1270. The Balaban J connectivity index is 2.20. The molecular formula is C24H23F4N5O2. The predicted octanol–water partition coefficient (Wildman–Crippen LogP) is 4.33. The number of guanidine groups is 1. The number of nitrogens with two attached hydrogens (primary N) is 1. The van der Waals surface area contributed by atoms with E-state index in [1.54, 1.807) is 18.2 Å². The smallest absolute Gasteiger partial charge is 0.370 e. The topological polar surface area (TPSA) is 105 Å². The number of nitrogens with zero attached hydrogens (tertiary/aromatic N) is 3. The maximum Gasteiger partial charge on any atom is 0.406 e. The summed E-state index contributed by atoms with van der Waals surface area (Å²) in [4.78, 5) is 30.2. The first-order valence-corrected chi connectivity index (χ1v) is 10.6. The van der Waals surface area contributed by atoms with Crippen LogP contribution < -0.4 is 5.73 Å². The number of carbonyl (C=O) groups excluding carboxylic acids is 2. The molecule has 3 rings (SSSR count). The van der Waals surface area contributed by atoms with Crippen LogP contribution in [0, 0.1) is 11.4 Å². The molecule has 1 amide bonds. The number of hydrogen-bond acceptors (Lipinski definition) is 4. The van der Waals surface area contributed by atoms with Gasteiger partial charge in [-0.15, -0.1) is 0 Å². The Hall–Kier alpha value is -4.02. The summed E-state index contributed by atoms with van der Waals surface area (Å²) >= 11 is 0. The summed E-state index contributed by atoms with van der Waals surface area (Å²) in [5.74, 6) is -3.77. The highest BCUT2D eigenvalue weighted by Crippen LogP contribution is 2.33. The molecule has 0 saturated carbocycles. The van der Waals surface area contributed by atoms with Gasteiger partial charge < -0.3 is 10.3 Å². The van der Waals surface area contributed by atoms with Gasteiger partial charge in [-0.25, -0.2) is 4.98 Å². The van der Waals surface area contributed by atoms with Crippen LogP contribution in [0.15, 0.2) is 54.9 Å². The molecular weight excluding hydrogens is 466 g/mol. The van der Waals surface area contributed by atoms with Gasteiger partial charge in [-0.1, -0.05) is 25.1 Å². The number of nitrogens with one attached hydrogen (secondary N) is 1. The van der Waals surface area contributed by atoms with Crippen LogP contribution in [0.1, 0.15) is 40.9 Å². The van der Waals surface area contributed by atoms with Crippen molar-refractivity contribution in [1.29, 1.82) is 5.41 Å². The van der Waals surface area contributed by atoms with Gasteiger partial charge in [-0.3, -0.25) is 19.9 Å². The first kappa shape index (κ1) is 25.6. The molecule has 2 heterocycles. The number of rotatable bonds is 7. The molecule has 0 bridgehead atoms. The van der Waals surface area contributed by atoms with Gasteiger partial charge >= 0.3 is 6.18 Å². The average molecular weight is 489 g/mol. The highest BCUT2D eigenvalue weighted by Gasteiger charge is 2.33. The third-order valence-electron chi connectivity index (χ3n) is 5.44. The van der Waals surface area contributed by atoms with Crippen LogP contribution in [0.25, 0.3) is 11.1 Å². The molecule has 3 N–H and O–H groups in total. The molecule has 7 nitrogen and oxygen atoms in total. The minimum Gasteiger partial charge on any atom is -0.370 e. The second-order valence-corrected chi connectivity index (χ2v) is 7.86. The number of carbonyl (C=O) groups is 2. The van der Waals surface area contributed by atoms with Gasteiger partial charge in [0, 0.05) is 31.4 Å². The molecule has 1 unspecified atom stereocenters. The molecule has 0 saturated heterocycles. The van der Waals surface area contributed by atoms with Gasteiger partial charge in [-0.05, 0) is 41.0 Å². The molecule has 184 valence electrons. The van der Waals surface area contributed by atoms with E-state index in [1.165, 1.54) is 44.4 Å². The van der Waals surface area contributed by atoms with Gasteiger partial charge in [0.1, 0.15) is 6.54 Å². The van der Waals surface area contributed by atoms with E-state index in [2.05, 4.69) is 4.98 Å². The molecule has 1 atom stereocenters. The normalized spacial score (nSPS) is 12.3. The fourth-order valence-electron chi connectivity index (χ4n) is 3.71. The Morgan fingerprint density at radius 3 is 2.49 bits per heavy atom. The van der Waals surface area contributed by atoms with Gasteiger partial charge in [0.2, 0.25) is 11.9 Å². The van der Waals surface area contributed by atoms with Crippen molar-refractivity contribution in [3.05, 3.63) is 77.6 Å². The number of Topliss-reactive ketones (excluding diaryl/α,β-unsaturated/α-hetero) is 1. The Kier molecular flexibility index (Phi) is 7.37. The number of amides is 1. The first-order chi connectivity index (χ1) is 16.4. The molecule has 0 radical (unpaired) electrons. The van der Waals surface area contributed by atoms with Crippen LogP contribution in [0.4, 0.5) is 17.6 Å². The quantitative estimate of drug-likeness (QED) is 0.169. The van der Waals surface area contributed by atoms with E-state index >= 15 is 0 Å². The minimum atomic E-state index is -4.60. The maximum atomic E-state index is 14.3. The van der Waals surface area contributed by atoms with Crippen molar-refractivity contribution in [3.8, 4) is 11.1 Å². The van der Waals surface area contributed by atoms with E-state index in [0.29, 0.717) is 11.1 Å². The number of halogens is 4. The van der Waals surface area contributed by atoms with E-state index in [-0.39, 0.29) is 23.2 Å². The van der Waals surface area contributed by atoms with Crippen molar-refractivity contribution >= 4 is 17.6 Å². The number of benzene rings is 1. The zero-order valence-electron chi connectivity index (χ0n) is 18.9. The summed E-state index contributed by atoms with van der Waals surface area (Å²) in [6.07, 6.45) is -2.26.